The van der Waals surface area contributed by atoms with Gasteiger partial charge in [0.1, 0.15) is 5.01 Å². The predicted octanol–water partition coefficient (Wildman–Crippen LogP) is 1.98. The van der Waals surface area contributed by atoms with Gasteiger partial charge in [0, 0.05) is 19.0 Å². The summed E-state index contributed by atoms with van der Waals surface area (Å²) in [6.45, 7) is 4.42. The summed E-state index contributed by atoms with van der Waals surface area (Å²) in [7, 11) is 0. The fourth-order valence-corrected chi connectivity index (χ4v) is 5.04. The number of aromatic nitrogens is 2. The number of imide groups is 1. The average Bonchev–Trinajstić information content (AvgIpc) is 3.22. The molecule has 0 radical (unpaired) electrons. The van der Waals surface area contributed by atoms with E-state index >= 15 is 0 Å². The Bertz CT molecular complexity index is 773. The SMILES string of the molecule is CC(C)c1nnc(NC(=O)NCCN2C(=O)[C@@H]3[C@@H](C2=O)[C@H]2C=C[C@H]3CC2)s1. The standard InChI is InChI=1S/C18H23N5O3S/c1-9(2)14-21-22-18(27-14)20-17(26)19-7-8-23-15(24)12-10-3-4-11(6-5-10)13(12)16(23)25/h3-4,9-13H,5-8H2,1-2H3,(H2,19,20,22,26)/t10-,11-,12-,13-/m0/s1. The quantitative estimate of drug-likeness (QED) is 0.592. The summed E-state index contributed by atoms with van der Waals surface area (Å²) in [5.41, 5.74) is 0. The first-order valence-corrected chi connectivity index (χ1v) is 10.2. The van der Waals surface area contributed by atoms with Crippen molar-refractivity contribution in [3.63, 3.8) is 0 Å². The molecule has 5 rings (SSSR count). The van der Waals surface area contributed by atoms with E-state index in [0.717, 1.165) is 17.8 Å². The zero-order valence-corrected chi connectivity index (χ0v) is 16.2. The Morgan fingerprint density at radius 3 is 2.33 bits per heavy atom. The number of hydrogen-bond donors (Lipinski definition) is 2. The lowest BCUT2D eigenvalue weighted by molar-refractivity contribution is -0.140. The summed E-state index contributed by atoms with van der Waals surface area (Å²) in [5.74, 6) is 0.0444. The normalized spacial score (nSPS) is 28.8. The number of urea groups is 1. The number of rotatable bonds is 5. The number of amides is 4. The average molecular weight is 389 g/mol. The highest BCUT2D eigenvalue weighted by Gasteiger charge is 2.56. The van der Waals surface area contributed by atoms with Crippen LogP contribution >= 0.6 is 11.3 Å². The van der Waals surface area contributed by atoms with Gasteiger partial charge in [-0.2, -0.15) is 0 Å². The van der Waals surface area contributed by atoms with Crippen molar-refractivity contribution in [1.29, 1.82) is 0 Å². The number of nitrogens with one attached hydrogen (secondary N) is 2. The molecule has 1 aromatic heterocycles. The molecule has 1 saturated carbocycles. The number of allylic oxidation sites excluding steroid dienone is 2. The summed E-state index contributed by atoms with van der Waals surface area (Å²) in [4.78, 5) is 38.7. The molecule has 4 amide bonds. The minimum absolute atomic E-state index is 0.0862. The van der Waals surface area contributed by atoms with Crippen LogP contribution in [-0.4, -0.2) is 46.0 Å². The molecule has 27 heavy (non-hydrogen) atoms. The van der Waals surface area contributed by atoms with Crippen LogP contribution in [0.3, 0.4) is 0 Å². The van der Waals surface area contributed by atoms with Crippen LogP contribution in [-0.2, 0) is 9.59 Å². The number of fused-ring (bicyclic) bond motifs is 1. The van der Waals surface area contributed by atoms with Crippen LogP contribution < -0.4 is 10.6 Å². The number of anilines is 1. The Balaban J connectivity index is 1.29. The molecule has 1 aromatic rings. The maximum atomic E-state index is 12.7. The van der Waals surface area contributed by atoms with Crippen molar-refractivity contribution in [1.82, 2.24) is 20.4 Å². The van der Waals surface area contributed by atoms with Gasteiger partial charge in [-0.25, -0.2) is 4.79 Å². The monoisotopic (exact) mass is 389 g/mol. The third-order valence-corrected chi connectivity index (χ3v) is 6.77. The summed E-state index contributed by atoms with van der Waals surface area (Å²) < 4.78 is 0. The summed E-state index contributed by atoms with van der Waals surface area (Å²) in [5, 5.41) is 14.5. The van der Waals surface area contributed by atoms with E-state index in [2.05, 4.69) is 33.0 Å². The van der Waals surface area contributed by atoms with Crippen LogP contribution in [0.4, 0.5) is 9.93 Å². The maximum Gasteiger partial charge on any atom is 0.321 e. The molecule has 1 saturated heterocycles. The molecule has 8 nitrogen and oxygen atoms in total. The van der Waals surface area contributed by atoms with Crippen LogP contribution in [0.15, 0.2) is 12.2 Å². The van der Waals surface area contributed by atoms with Gasteiger partial charge in [-0.3, -0.25) is 19.8 Å². The summed E-state index contributed by atoms with van der Waals surface area (Å²) in [6, 6.07) is -0.417. The lowest BCUT2D eigenvalue weighted by atomic mass is 9.63. The van der Waals surface area contributed by atoms with E-state index in [4.69, 9.17) is 0 Å². The number of hydrogen-bond acceptors (Lipinski definition) is 6. The topological polar surface area (TPSA) is 104 Å². The Morgan fingerprint density at radius 2 is 1.81 bits per heavy atom. The molecule has 2 bridgehead atoms. The first-order valence-electron chi connectivity index (χ1n) is 9.37. The van der Waals surface area contributed by atoms with E-state index in [-0.39, 0.29) is 54.5 Å². The molecule has 4 aliphatic rings. The second-order valence-corrected chi connectivity index (χ2v) is 8.66. The molecule has 0 unspecified atom stereocenters. The fourth-order valence-electron chi connectivity index (χ4n) is 4.30. The van der Waals surface area contributed by atoms with E-state index < -0.39 is 6.03 Å². The molecule has 4 atom stereocenters. The number of nitrogens with zero attached hydrogens (tertiary/aromatic N) is 3. The molecule has 144 valence electrons. The molecule has 0 spiro atoms. The van der Waals surface area contributed by atoms with Gasteiger partial charge in [0.15, 0.2) is 0 Å². The molecule has 0 aromatic carbocycles. The van der Waals surface area contributed by atoms with Crippen molar-refractivity contribution < 1.29 is 14.4 Å². The van der Waals surface area contributed by atoms with E-state index in [0.29, 0.717) is 5.13 Å². The van der Waals surface area contributed by atoms with E-state index in [1.165, 1.54) is 16.2 Å². The second-order valence-electron chi connectivity index (χ2n) is 7.65. The number of likely N-dealkylation sites (tertiary alicyclic amines) is 1. The van der Waals surface area contributed by atoms with E-state index in [1.807, 2.05) is 13.8 Å². The third kappa shape index (κ3) is 3.24. The van der Waals surface area contributed by atoms with Crippen LogP contribution in [0, 0.1) is 23.7 Å². The Labute approximate surface area is 161 Å². The highest BCUT2D eigenvalue weighted by molar-refractivity contribution is 7.15. The van der Waals surface area contributed by atoms with Crippen molar-refractivity contribution in [2.45, 2.75) is 32.6 Å². The molecule has 3 aliphatic carbocycles. The Morgan fingerprint density at radius 1 is 1.19 bits per heavy atom. The van der Waals surface area contributed by atoms with Gasteiger partial charge in [0.25, 0.3) is 0 Å². The largest absolute Gasteiger partial charge is 0.336 e. The minimum atomic E-state index is -0.417. The van der Waals surface area contributed by atoms with Crippen LogP contribution in [0.25, 0.3) is 0 Å². The van der Waals surface area contributed by atoms with Crippen LogP contribution in [0.1, 0.15) is 37.6 Å². The number of carbonyl (C=O) groups excluding carboxylic acids is 3. The zero-order chi connectivity index (χ0) is 19.1. The van der Waals surface area contributed by atoms with Gasteiger partial charge in [-0.1, -0.05) is 37.3 Å². The maximum absolute atomic E-state index is 12.7. The molecule has 1 aliphatic heterocycles. The first kappa shape index (κ1) is 18.1. The highest BCUT2D eigenvalue weighted by atomic mass is 32.1. The van der Waals surface area contributed by atoms with Gasteiger partial charge in [-0.05, 0) is 24.7 Å². The molecule has 2 N–H and O–H groups in total. The predicted molar refractivity (Wildman–Crippen MR) is 100 cm³/mol. The fraction of sp³-hybridized carbons (Fsp3) is 0.611. The van der Waals surface area contributed by atoms with Gasteiger partial charge < -0.3 is 5.32 Å². The lowest BCUT2D eigenvalue weighted by Crippen LogP contribution is -2.40. The van der Waals surface area contributed by atoms with Gasteiger partial charge in [0.05, 0.1) is 11.8 Å². The van der Waals surface area contributed by atoms with Crippen molar-refractivity contribution in [2.75, 3.05) is 18.4 Å². The molecular weight excluding hydrogens is 366 g/mol. The van der Waals surface area contributed by atoms with Gasteiger partial charge in [-0.15, -0.1) is 10.2 Å². The highest BCUT2D eigenvalue weighted by Crippen LogP contribution is 2.49. The van der Waals surface area contributed by atoms with Crippen LogP contribution in [0.2, 0.25) is 0 Å². The van der Waals surface area contributed by atoms with E-state index in [1.54, 1.807) is 0 Å². The second kappa shape index (κ2) is 7.03. The van der Waals surface area contributed by atoms with Crippen LogP contribution in [0.5, 0.6) is 0 Å². The minimum Gasteiger partial charge on any atom is -0.336 e. The van der Waals surface area contributed by atoms with Crippen molar-refractivity contribution in [2.24, 2.45) is 23.7 Å². The molecule has 9 heteroatoms. The van der Waals surface area contributed by atoms with Gasteiger partial charge >= 0.3 is 6.03 Å². The lowest BCUT2D eigenvalue weighted by Gasteiger charge is -2.38. The Hall–Kier alpha value is -2.29. The third-order valence-electron chi connectivity index (χ3n) is 5.63. The molecule has 2 fully saturated rings. The molecular formula is C18H23N5O3S. The zero-order valence-electron chi connectivity index (χ0n) is 15.3. The van der Waals surface area contributed by atoms with Crippen molar-refractivity contribution >= 4 is 34.3 Å². The number of carbonyl (C=O) groups is 3. The molecule has 2 heterocycles. The van der Waals surface area contributed by atoms with Crippen molar-refractivity contribution in [3.05, 3.63) is 17.2 Å². The smallest absolute Gasteiger partial charge is 0.321 e. The van der Waals surface area contributed by atoms with Gasteiger partial charge in [0.2, 0.25) is 16.9 Å². The van der Waals surface area contributed by atoms with E-state index in [9.17, 15) is 14.4 Å². The first-order chi connectivity index (χ1) is 13.0. The van der Waals surface area contributed by atoms with Crippen molar-refractivity contribution in [3.8, 4) is 0 Å². The summed E-state index contributed by atoms with van der Waals surface area (Å²) >= 11 is 1.33. The summed E-state index contributed by atoms with van der Waals surface area (Å²) in [6.07, 6.45) is 6.17. The Kier molecular flexibility index (Phi) is 4.71.